The molecule has 24 heavy (non-hydrogen) atoms. The smallest absolute Gasteiger partial charge is 0.153 e. The Morgan fingerprint density at radius 1 is 1.08 bits per heavy atom. The molecule has 3 rings (SSSR count). The average Bonchev–Trinajstić information content (AvgIpc) is 2.82. The maximum Gasteiger partial charge on any atom is 0.153 e. The predicted octanol–water partition coefficient (Wildman–Crippen LogP) is 3.36. The number of aryl methyl sites for hydroxylation is 3. The van der Waals surface area contributed by atoms with Gasteiger partial charge in [-0.25, -0.2) is 0 Å². The average molecular weight is 346 g/mol. The number of ketones is 2. The van der Waals surface area contributed by atoms with Crippen molar-refractivity contribution < 1.29 is 14.7 Å². The monoisotopic (exact) mass is 346 g/mol. The van der Waals surface area contributed by atoms with Crippen molar-refractivity contribution in [3.8, 4) is 0 Å². The zero-order chi connectivity index (χ0) is 17.4. The van der Waals surface area contributed by atoms with Crippen LogP contribution in [-0.2, 0) is 9.59 Å². The SMILES string of the molecule is Cc1cc(C)c(C2C(=O)CC(C(O)C3CCSCC3)C2=O)c(C)c1. The molecule has 0 aromatic heterocycles. The molecule has 0 spiro atoms. The van der Waals surface area contributed by atoms with Gasteiger partial charge in [0.1, 0.15) is 11.7 Å². The first-order valence-electron chi connectivity index (χ1n) is 8.80. The first-order valence-corrected chi connectivity index (χ1v) is 9.95. The van der Waals surface area contributed by atoms with Crippen LogP contribution in [0.5, 0.6) is 0 Å². The van der Waals surface area contributed by atoms with Gasteiger partial charge in [0.25, 0.3) is 0 Å². The second kappa shape index (κ2) is 7.01. The van der Waals surface area contributed by atoms with Crippen molar-refractivity contribution in [2.75, 3.05) is 11.5 Å². The molecule has 2 aliphatic rings. The van der Waals surface area contributed by atoms with Crippen LogP contribution in [0.3, 0.4) is 0 Å². The Labute approximate surface area is 148 Å². The summed E-state index contributed by atoms with van der Waals surface area (Å²) in [6.45, 7) is 5.96. The van der Waals surface area contributed by atoms with E-state index in [0.717, 1.165) is 46.6 Å². The lowest BCUT2D eigenvalue weighted by atomic mass is 9.82. The normalized spacial score (nSPS) is 26.8. The van der Waals surface area contributed by atoms with Crippen molar-refractivity contribution >= 4 is 23.3 Å². The molecule has 130 valence electrons. The van der Waals surface area contributed by atoms with Crippen LogP contribution in [0.15, 0.2) is 12.1 Å². The minimum absolute atomic E-state index is 0.0238. The Morgan fingerprint density at radius 3 is 2.25 bits per heavy atom. The fraction of sp³-hybridized carbons (Fsp3) is 0.600. The van der Waals surface area contributed by atoms with Gasteiger partial charge in [-0.15, -0.1) is 0 Å². The third-order valence-electron chi connectivity index (χ3n) is 5.58. The number of Topliss-reactive ketones (excluding diaryl/α,β-unsaturated/α-hetero) is 2. The summed E-state index contributed by atoms with van der Waals surface area (Å²) in [4.78, 5) is 25.6. The molecule has 3 nitrogen and oxygen atoms in total. The van der Waals surface area contributed by atoms with Crippen LogP contribution in [0.1, 0.15) is 47.4 Å². The summed E-state index contributed by atoms with van der Waals surface area (Å²) in [6, 6.07) is 4.07. The van der Waals surface area contributed by atoms with Crippen LogP contribution in [0.4, 0.5) is 0 Å². The van der Waals surface area contributed by atoms with Crippen molar-refractivity contribution in [1.29, 1.82) is 0 Å². The topological polar surface area (TPSA) is 54.4 Å². The van der Waals surface area contributed by atoms with Gasteiger partial charge in [-0.1, -0.05) is 17.7 Å². The number of benzene rings is 1. The minimum atomic E-state index is -0.678. The number of hydrogen-bond acceptors (Lipinski definition) is 4. The molecule has 3 atom stereocenters. The standard InChI is InChI=1S/C20H26O3S/c1-11-8-12(2)17(13(3)9-11)18-16(21)10-15(20(18)23)19(22)14-4-6-24-7-5-14/h8-9,14-15,18-19,22H,4-7,10H2,1-3H3. The molecule has 2 fully saturated rings. The number of thioether (sulfide) groups is 1. The van der Waals surface area contributed by atoms with Gasteiger partial charge >= 0.3 is 0 Å². The van der Waals surface area contributed by atoms with E-state index in [4.69, 9.17) is 0 Å². The fourth-order valence-corrected chi connectivity index (χ4v) is 5.58. The first-order chi connectivity index (χ1) is 11.4. The van der Waals surface area contributed by atoms with Crippen LogP contribution in [-0.4, -0.2) is 34.3 Å². The molecule has 3 unspecified atom stereocenters. The summed E-state index contributed by atoms with van der Waals surface area (Å²) in [6.07, 6.45) is 1.41. The van der Waals surface area contributed by atoms with E-state index in [2.05, 4.69) is 0 Å². The largest absolute Gasteiger partial charge is 0.392 e. The highest BCUT2D eigenvalue weighted by Crippen LogP contribution is 2.40. The van der Waals surface area contributed by atoms with E-state index < -0.39 is 17.9 Å². The number of carbonyl (C=O) groups excluding carboxylic acids is 2. The lowest BCUT2D eigenvalue weighted by molar-refractivity contribution is -0.127. The molecule has 1 aliphatic carbocycles. The summed E-state index contributed by atoms with van der Waals surface area (Å²) in [5, 5.41) is 10.7. The minimum Gasteiger partial charge on any atom is -0.392 e. The zero-order valence-corrected chi connectivity index (χ0v) is 15.5. The maximum atomic E-state index is 13.0. The van der Waals surface area contributed by atoms with E-state index in [1.54, 1.807) is 0 Å². The third-order valence-corrected chi connectivity index (χ3v) is 6.63. The molecule has 1 saturated heterocycles. The van der Waals surface area contributed by atoms with Gasteiger partial charge in [0.05, 0.1) is 12.0 Å². The van der Waals surface area contributed by atoms with E-state index in [1.165, 1.54) is 0 Å². The van der Waals surface area contributed by atoms with E-state index in [0.29, 0.717) is 0 Å². The van der Waals surface area contributed by atoms with Gasteiger partial charge in [-0.2, -0.15) is 11.8 Å². The molecule has 1 aromatic rings. The van der Waals surface area contributed by atoms with Crippen molar-refractivity contribution in [3.63, 3.8) is 0 Å². The van der Waals surface area contributed by atoms with E-state index in [-0.39, 0.29) is 23.9 Å². The van der Waals surface area contributed by atoms with Crippen LogP contribution >= 0.6 is 11.8 Å². The Kier molecular flexibility index (Phi) is 5.16. The lowest BCUT2D eigenvalue weighted by Gasteiger charge is -2.29. The number of carbonyl (C=O) groups is 2. The molecule has 0 amide bonds. The van der Waals surface area contributed by atoms with Gasteiger partial charge < -0.3 is 5.11 Å². The highest BCUT2D eigenvalue weighted by Gasteiger charge is 2.47. The second-order valence-corrected chi connectivity index (χ2v) is 8.59. The predicted molar refractivity (Wildman–Crippen MR) is 97.6 cm³/mol. The molecule has 0 bridgehead atoms. The summed E-state index contributed by atoms with van der Waals surface area (Å²) < 4.78 is 0. The van der Waals surface area contributed by atoms with Crippen LogP contribution < -0.4 is 0 Å². The lowest BCUT2D eigenvalue weighted by Crippen LogP contribution is -2.34. The van der Waals surface area contributed by atoms with E-state index in [9.17, 15) is 14.7 Å². The van der Waals surface area contributed by atoms with Crippen LogP contribution in [0.2, 0.25) is 0 Å². The van der Waals surface area contributed by atoms with Gasteiger partial charge in [-0.05, 0) is 67.7 Å². The molecule has 4 heteroatoms. The summed E-state index contributed by atoms with van der Waals surface area (Å²) in [7, 11) is 0. The Bertz CT molecular complexity index is 638. The van der Waals surface area contributed by atoms with Gasteiger partial charge in [0, 0.05) is 6.42 Å². The number of hydrogen-bond donors (Lipinski definition) is 1. The molecule has 1 aromatic carbocycles. The number of aliphatic hydroxyl groups is 1. The number of aliphatic hydroxyl groups excluding tert-OH is 1. The Balaban J connectivity index is 1.87. The third kappa shape index (κ3) is 3.18. The maximum absolute atomic E-state index is 13.0. The van der Waals surface area contributed by atoms with E-state index >= 15 is 0 Å². The molecule has 1 heterocycles. The van der Waals surface area contributed by atoms with Gasteiger partial charge in [0.15, 0.2) is 5.78 Å². The van der Waals surface area contributed by atoms with Crippen molar-refractivity contribution in [1.82, 2.24) is 0 Å². The fourth-order valence-electron chi connectivity index (χ4n) is 4.43. The Hall–Kier alpha value is -1.13. The Morgan fingerprint density at radius 2 is 1.67 bits per heavy atom. The van der Waals surface area contributed by atoms with E-state index in [1.807, 2.05) is 44.7 Å². The van der Waals surface area contributed by atoms with Crippen LogP contribution in [0, 0.1) is 32.6 Å². The highest BCUT2D eigenvalue weighted by molar-refractivity contribution is 7.99. The molecule has 1 saturated carbocycles. The van der Waals surface area contributed by atoms with Gasteiger partial charge in [0.2, 0.25) is 0 Å². The van der Waals surface area contributed by atoms with Gasteiger partial charge in [-0.3, -0.25) is 9.59 Å². The summed E-state index contributed by atoms with van der Waals surface area (Å²) >= 11 is 1.90. The zero-order valence-electron chi connectivity index (χ0n) is 14.7. The second-order valence-electron chi connectivity index (χ2n) is 7.37. The molecule has 1 aliphatic heterocycles. The highest BCUT2D eigenvalue weighted by atomic mass is 32.2. The van der Waals surface area contributed by atoms with Crippen molar-refractivity contribution in [2.45, 2.75) is 52.1 Å². The van der Waals surface area contributed by atoms with Crippen LogP contribution in [0.25, 0.3) is 0 Å². The molecule has 0 radical (unpaired) electrons. The number of rotatable bonds is 3. The summed E-state index contributed by atoms with van der Waals surface area (Å²) in [5.74, 6) is 0.947. The first kappa shape index (κ1) is 17.7. The summed E-state index contributed by atoms with van der Waals surface area (Å²) in [5.41, 5.74) is 4.01. The van der Waals surface area contributed by atoms with Crippen molar-refractivity contribution in [2.24, 2.45) is 11.8 Å². The molecular weight excluding hydrogens is 320 g/mol. The molecule has 1 N–H and O–H groups in total. The quantitative estimate of drug-likeness (QED) is 0.853. The van der Waals surface area contributed by atoms with Crippen molar-refractivity contribution in [3.05, 3.63) is 34.4 Å². The molecular formula is C20H26O3S.